The summed E-state index contributed by atoms with van der Waals surface area (Å²) in [6.45, 7) is 12.4. The van der Waals surface area contributed by atoms with Gasteiger partial charge in [-0.15, -0.1) is 0 Å². The van der Waals surface area contributed by atoms with Crippen LogP contribution in [0.4, 0.5) is 4.79 Å². The van der Waals surface area contributed by atoms with Gasteiger partial charge in [-0.1, -0.05) is 27.7 Å². The van der Waals surface area contributed by atoms with Gasteiger partial charge in [0.2, 0.25) is 0 Å². The molecular formula is C14H28N2O3. The van der Waals surface area contributed by atoms with Crippen LogP contribution in [0.25, 0.3) is 0 Å². The number of urea groups is 1. The van der Waals surface area contributed by atoms with Gasteiger partial charge in [0, 0.05) is 18.6 Å². The van der Waals surface area contributed by atoms with Crippen LogP contribution in [0, 0.1) is 5.41 Å². The normalized spacial score (nSPS) is 14.6. The molecule has 0 saturated heterocycles. The lowest BCUT2D eigenvalue weighted by molar-refractivity contribution is -0.138. The van der Waals surface area contributed by atoms with E-state index in [1.807, 2.05) is 41.5 Å². The van der Waals surface area contributed by atoms with Crippen molar-refractivity contribution in [2.45, 2.75) is 66.5 Å². The van der Waals surface area contributed by atoms with Gasteiger partial charge < -0.3 is 15.3 Å². The molecule has 0 aliphatic rings. The van der Waals surface area contributed by atoms with Crippen LogP contribution in [0.1, 0.15) is 54.4 Å². The van der Waals surface area contributed by atoms with Crippen LogP contribution < -0.4 is 5.32 Å². The van der Waals surface area contributed by atoms with E-state index in [1.165, 1.54) is 0 Å². The van der Waals surface area contributed by atoms with Crippen molar-refractivity contribution in [1.82, 2.24) is 10.2 Å². The number of carbonyl (C=O) groups excluding carboxylic acids is 1. The Morgan fingerprint density at radius 2 is 1.79 bits per heavy atom. The van der Waals surface area contributed by atoms with Crippen molar-refractivity contribution >= 4 is 12.0 Å². The Morgan fingerprint density at radius 3 is 2.11 bits per heavy atom. The van der Waals surface area contributed by atoms with Gasteiger partial charge in [0.15, 0.2) is 0 Å². The Bertz CT molecular complexity index is 310. The molecule has 2 unspecified atom stereocenters. The summed E-state index contributed by atoms with van der Waals surface area (Å²) >= 11 is 0. The van der Waals surface area contributed by atoms with Crippen molar-refractivity contribution in [1.29, 1.82) is 0 Å². The van der Waals surface area contributed by atoms with Gasteiger partial charge in [-0.3, -0.25) is 4.79 Å². The molecule has 2 amide bonds. The smallest absolute Gasteiger partial charge is 0.317 e. The SMILES string of the molecule is CCC(C)N(CC)C(=O)NC(CC(=O)O)C(C)(C)C. The molecule has 2 atom stereocenters. The van der Waals surface area contributed by atoms with Crippen LogP contribution in [0.3, 0.4) is 0 Å². The second kappa shape index (κ2) is 7.36. The maximum Gasteiger partial charge on any atom is 0.317 e. The molecule has 0 aliphatic heterocycles. The van der Waals surface area contributed by atoms with E-state index in [4.69, 9.17) is 5.11 Å². The Morgan fingerprint density at radius 1 is 1.26 bits per heavy atom. The molecule has 112 valence electrons. The lowest BCUT2D eigenvalue weighted by atomic mass is 9.85. The van der Waals surface area contributed by atoms with Crippen LogP contribution in [0.2, 0.25) is 0 Å². The highest BCUT2D eigenvalue weighted by atomic mass is 16.4. The Balaban J connectivity index is 4.83. The number of hydrogen-bond acceptors (Lipinski definition) is 2. The van der Waals surface area contributed by atoms with Crippen LogP contribution >= 0.6 is 0 Å². The third-order valence-corrected chi connectivity index (χ3v) is 3.45. The Labute approximate surface area is 116 Å². The highest BCUT2D eigenvalue weighted by Gasteiger charge is 2.30. The fourth-order valence-electron chi connectivity index (χ4n) is 1.86. The Hall–Kier alpha value is -1.26. The van der Waals surface area contributed by atoms with Gasteiger partial charge in [0.1, 0.15) is 0 Å². The van der Waals surface area contributed by atoms with Crippen LogP contribution in [-0.4, -0.2) is 40.6 Å². The number of carbonyl (C=O) groups is 2. The molecule has 0 heterocycles. The molecule has 0 bridgehead atoms. The van der Waals surface area contributed by atoms with Crippen molar-refractivity contribution in [3.05, 3.63) is 0 Å². The minimum Gasteiger partial charge on any atom is -0.481 e. The number of aliphatic carboxylic acids is 1. The van der Waals surface area contributed by atoms with Crippen molar-refractivity contribution in [3.8, 4) is 0 Å². The van der Waals surface area contributed by atoms with E-state index in [1.54, 1.807) is 4.90 Å². The van der Waals surface area contributed by atoms with Crippen LogP contribution in [0.5, 0.6) is 0 Å². The number of carboxylic acids is 1. The zero-order chi connectivity index (χ0) is 15.2. The van der Waals surface area contributed by atoms with Crippen molar-refractivity contribution < 1.29 is 14.7 Å². The molecule has 0 spiro atoms. The molecule has 0 saturated carbocycles. The predicted molar refractivity (Wildman–Crippen MR) is 76.2 cm³/mol. The standard InChI is InChI=1S/C14H28N2O3/c1-7-10(3)16(8-2)13(19)15-11(9-12(17)18)14(4,5)6/h10-11H,7-9H2,1-6H3,(H,15,19)(H,17,18). The maximum atomic E-state index is 12.2. The average molecular weight is 272 g/mol. The third kappa shape index (κ3) is 5.94. The first-order valence-corrected chi connectivity index (χ1v) is 6.92. The van der Waals surface area contributed by atoms with E-state index in [0.717, 1.165) is 6.42 Å². The van der Waals surface area contributed by atoms with Gasteiger partial charge >= 0.3 is 12.0 Å². The number of nitrogens with zero attached hydrogens (tertiary/aromatic N) is 1. The van der Waals surface area contributed by atoms with E-state index >= 15 is 0 Å². The van der Waals surface area contributed by atoms with E-state index in [0.29, 0.717) is 6.54 Å². The van der Waals surface area contributed by atoms with Gasteiger partial charge in [-0.2, -0.15) is 0 Å². The molecule has 0 rings (SSSR count). The number of amides is 2. The summed E-state index contributed by atoms with van der Waals surface area (Å²) in [6.07, 6.45) is 0.813. The molecule has 0 radical (unpaired) electrons. The third-order valence-electron chi connectivity index (χ3n) is 3.45. The molecule has 19 heavy (non-hydrogen) atoms. The predicted octanol–water partition coefficient (Wildman–Crippen LogP) is 2.71. The fraction of sp³-hybridized carbons (Fsp3) is 0.857. The monoisotopic (exact) mass is 272 g/mol. The molecule has 0 aliphatic carbocycles. The molecule has 5 nitrogen and oxygen atoms in total. The maximum absolute atomic E-state index is 12.2. The molecule has 5 heteroatoms. The minimum atomic E-state index is -0.896. The fourth-order valence-corrected chi connectivity index (χ4v) is 1.86. The summed E-state index contributed by atoms with van der Waals surface area (Å²) in [5.74, 6) is -0.896. The molecular weight excluding hydrogens is 244 g/mol. The first kappa shape index (κ1) is 17.7. The lowest BCUT2D eigenvalue weighted by Crippen LogP contribution is -2.52. The summed E-state index contributed by atoms with van der Waals surface area (Å²) in [7, 11) is 0. The first-order chi connectivity index (χ1) is 8.63. The van der Waals surface area contributed by atoms with E-state index < -0.39 is 5.97 Å². The van der Waals surface area contributed by atoms with Gasteiger partial charge in [0.25, 0.3) is 0 Å². The summed E-state index contributed by atoms with van der Waals surface area (Å²) in [6, 6.07) is -0.413. The molecule has 0 aromatic rings. The summed E-state index contributed by atoms with van der Waals surface area (Å²) < 4.78 is 0. The second-order valence-electron chi connectivity index (χ2n) is 6.01. The first-order valence-electron chi connectivity index (χ1n) is 6.92. The Kier molecular flexibility index (Phi) is 6.87. The highest BCUT2D eigenvalue weighted by molar-refractivity contribution is 5.76. The molecule has 0 aromatic heterocycles. The zero-order valence-electron chi connectivity index (χ0n) is 13.0. The molecule has 0 fully saturated rings. The van der Waals surface area contributed by atoms with Gasteiger partial charge in [0.05, 0.1) is 6.42 Å². The summed E-state index contributed by atoms with van der Waals surface area (Å²) in [5, 5.41) is 11.8. The van der Waals surface area contributed by atoms with Gasteiger partial charge in [-0.05, 0) is 25.7 Å². The number of hydrogen-bond donors (Lipinski definition) is 2. The van der Waals surface area contributed by atoms with Gasteiger partial charge in [-0.25, -0.2) is 4.79 Å². The number of nitrogens with one attached hydrogen (secondary N) is 1. The second-order valence-corrected chi connectivity index (χ2v) is 6.01. The van der Waals surface area contributed by atoms with Crippen molar-refractivity contribution in [2.24, 2.45) is 5.41 Å². The average Bonchev–Trinajstić information content (AvgIpc) is 2.26. The van der Waals surface area contributed by atoms with Crippen molar-refractivity contribution in [2.75, 3.05) is 6.54 Å². The van der Waals surface area contributed by atoms with Crippen LogP contribution in [-0.2, 0) is 4.79 Å². The van der Waals surface area contributed by atoms with Crippen LogP contribution in [0.15, 0.2) is 0 Å². The van der Waals surface area contributed by atoms with E-state index in [9.17, 15) is 9.59 Å². The largest absolute Gasteiger partial charge is 0.481 e. The summed E-state index contributed by atoms with van der Waals surface area (Å²) in [5.41, 5.74) is -0.289. The quantitative estimate of drug-likeness (QED) is 0.781. The zero-order valence-corrected chi connectivity index (χ0v) is 13.0. The van der Waals surface area contributed by atoms with Crippen molar-refractivity contribution in [3.63, 3.8) is 0 Å². The lowest BCUT2D eigenvalue weighted by Gasteiger charge is -2.34. The topological polar surface area (TPSA) is 69.6 Å². The van der Waals surface area contributed by atoms with E-state index in [2.05, 4.69) is 5.32 Å². The van der Waals surface area contributed by atoms with E-state index in [-0.39, 0.29) is 30.0 Å². The molecule has 2 N–H and O–H groups in total. The number of rotatable bonds is 6. The summed E-state index contributed by atoms with van der Waals surface area (Å²) in [4.78, 5) is 24.9. The minimum absolute atomic E-state index is 0.0622. The highest BCUT2D eigenvalue weighted by Crippen LogP contribution is 2.22. The molecule has 0 aromatic carbocycles. The number of carboxylic acid groups (broad SMARTS) is 1.